The van der Waals surface area contributed by atoms with Gasteiger partial charge in [0.05, 0.1) is 12.7 Å². The molecule has 98 valence electrons. The second-order valence-electron chi connectivity index (χ2n) is 4.62. The third kappa shape index (κ3) is 3.91. The van der Waals surface area contributed by atoms with Crippen LogP contribution in [0, 0.1) is 12.8 Å². The Balaban J connectivity index is 3.02. The monoisotopic (exact) mass is 248 g/mol. The highest BCUT2D eigenvalue weighted by Crippen LogP contribution is 2.16. The maximum Gasteiger partial charge on any atom is 0.342 e. The molecule has 0 aliphatic rings. The molecule has 0 radical (unpaired) electrons. The number of hydrogen-bond donors (Lipinski definition) is 0. The highest BCUT2D eigenvalue weighted by molar-refractivity contribution is 5.50. The van der Waals surface area contributed by atoms with Crippen molar-refractivity contribution in [2.24, 2.45) is 5.92 Å². The molecule has 3 nitrogen and oxygen atoms in total. The van der Waals surface area contributed by atoms with Crippen molar-refractivity contribution in [1.82, 2.24) is 0 Å². The van der Waals surface area contributed by atoms with E-state index in [1.165, 1.54) is 0 Å². The van der Waals surface area contributed by atoms with Crippen molar-refractivity contribution in [3.63, 3.8) is 0 Å². The molecule has 0 saturated carbocycles. The minimum absolute atomic E-state index is 0.362. The van der Waals surface area contributed by atoms with Crippen molar-refractivity contribution in [2.45, 2.75) is 27.7 Å². The molecule has 0 saturated heterocycles. The van der Waals surface area contributed by atoms with E-state index in [1.807, 2.05) is 13.0 Å². The lowest BCUT2D eigenvalue weighted by Crippen LogP contribution is -2.05. The molecular weight excluding hydrogens is 228 g/mol. The van der Waals surface area contributed by atoms with Crippen molar-refractivity contribution in [3.8, 4) is 5.75 Å². The average molecular weight is 248 g/mol. The smallest absolute Gasteiger partial charge is 0.342 e. The van der Waals surface area contributed by atoms with Crippen LogP contribution >= 0.6 is 0 Å². The van der Waals surface area contributed by atoms with E-state index in [2.05, 4.69) is 19.9 Å². The first-order valence-electron chi connectivity index (χ1n) is 5.99. The summed E-state index contributed by atoms with van der Waals surface area (Å²) in [6, 6.07) is 1.72. The second kappa shape index (κ2) is 6.24. The van der Waals surface area contributed by atoms with E-state index in [-0.39, 0.29) is 5.63 Å². The molecule has 1 rings (SSSR count). The standard InChI is InChI=1S/C15H20O3/c1-10(2)8-11(3)6-7-13-9-14(17-5)12(4)15(16)18-13/h6-10H,1-5H3/b7-6+,11-8+. The van der Waals surface area contributed by atoms with Crippen molar-refractivity contribution < 1.29 is 9.15 Å². The molecule has 0 atom stereocenters. The van der Waals surface area contributed by atoms with E-state index in [4.69, 9.17) is 9.15 Å². The van der Waals surface area contributed by atoms with Gasteiger partial charge in [-0.3, -0.25) is 0 Å². The van der Waals surface area contributed by atoms with Gasteiger partial charge in [-0.2, -0.15) is 0 Å². The Morgan fingerprint density at radius 1 is 1.44 bits per heavy atom. The van der Waals surface area contributed by atoms with Gasteiger partial charge in [0.15, 0.2) is 0 Å². The summed E-state index contributed by atoms with van der Waals surface area (Å²) in [7, 11) is 1.54. The predicted molar refractivity (Wildman–Crippen MR) is 73.9 cm³/mol. The molecule has 0 fully saturated rings. The third-order valence-electron chi connectivity index (χ3n) is 2.49. The summed E-state index contributed by atoms with van der Waals surface area (Å²) in [6.45, 7) is 7.93. The van der Waals surface area contributed by atoms with Crippen LogP contribution in [-0.4, -0.2) is 7.11 Å². The van der Waals surface area contributed by atoms with Crippen LogP contribution in [0.25, 0.3) is 6.08 Å². The predicted octanol–water partition coefficient (Wildman–Crippen LogP) is 3.57. The number of ether oxygens (including phenoxy) is 1. The number of methoxy groups -OCH3 is 1. The quantitative estimate of drug-likeness (QED) is 0.765. The van der Waals surface area contributed by atoms with Gasteiger partial charge >= 0.3 is 5.63 Å². The molecule has 0 N–H and O–H groups in total. The van der Waals surface area contributed by atoms with Gasteiger partial charge in [-0.05, 0) is 25.8 Å². The molecule has 1 aromatic heterocycles. The summed E-state index contributed by atoms with van der Waals surface area (Å²) in [5.74, 6) is 1.55. The van der Waals surface area contributed by atoms with Crippen LogP contribution in [0.2, 0.25) is 0 Å². The largest absolute Gasteiger partial charge is 0.496 e. The SMILES string of the molecule is COc1cc(/C=C/C(C)=C/C(C)C)oc(=O)c1C. The van der Waals surface area contributed by atoms with Crippen LogP contribution in [0.4, 0.5) is 0 Å². The van der Waals surface area contributed by atoms with Gasteiger partial charge in [0.2, 0.25) is 0 Å². The Morgan fingerprint density at radius 2 is 2.11 bits per heavy atom. The van der Waals surface area contributed by atoms with Crippen LogP contribution in [0.3, 0.4) is 0 Å². The van der Waals surface area contributed by atoms with Gasteiger partial charge in [-0.15, -0.1) is 0 Å². The van der Waals surface area contributed by atoms with E-state index in [1.54, 1.807) is 26.2 Å². The highest BCUT2D eigenvalue weighted by atomic mass is 16.5. The molecule has 1 heterocycles. The first-order chi connectivity index (χ1) is 8.43. The second-order valence-corrected chi connectivity index (χ2v) is 4.62. The van der Waals surface area contributed by atoms with Crippen LogP contribution in [0.15, 0.2) is 33.0 Å². The van der Waals surface area contributed by atoms with E-state index in [0.29, 0.717) is 23.0 Å². The van der Waals surface area contributed by atoms with Gasteiger partial charge in [-0.1, -0.05) is 31.6 Å². The maximum absolute atomic E-state index is 11.5. The first kappa shape index (κ1) is 14.3. The summed E-state index contributed by atoms with van der Waals surface area (Å²) in [5.41, 5.74) is 1.26. The fourth-order valence-corrected chi connectivity index (χ4v) is 1.64. The lowest BCUT2D eigenvalue weighted by Gasteiger charge is -2.03. The zero-order valence-corrected chi connectivity index (χ0v) is 11.6. The van der Waals surface area contributed by atoms with Crippen LogP contribution in [-0.2, 0) is 0 Å². The molecule has 0 aromatic carbocycles. The number of rotatable bonds is 4. The normalized spacial score (nSPS) is 12.4. The molecule has 0 amide bonds. The molecule has 1 aromatic rings. The summed E-state index contributed by atoms with van der Waals surface area (Å²) in [6.07, 6.45) is 5.84. The van der Waals surface area contributed by atoms with Crippen LogP contribution in [0.1, 0.15) is 32.1 Å². The van der Waals surface area contributed by atoms with Gasteiger partial charge in [0.25, 0.3) is 0 Å². The fourth-order valence-electron chi connectivity index (χ4n) is 1.64. The van der Waals surface area contributed by atoms with E-state index >= 15 is 0 Å². The summed E-state index contributed by atoms with van der Waals surface area (Å²) < 4.78 is 10.3. The lowest BCUT2D eigenvalue weighted by molar-refractivity contribution is 0.395. The maximum atomic E-state index is 11.5. The Morgan fingerprint density at radius 3 is 2.67 bits per heavy atom. The molecule has 0 unspecified atom stereocenters. The zero-order chi connectivity index (χ0) is 13.7. The number of allylic oxidation sites excluding steroid dienone is 3. The van der Waals surface area contributed by atoms with Gasteiger partial charge in [0, 0.05) is 6.07 Å². The van der Waals surface area contributed by atoms with Crippen LogP contribution in [0.5, 0.6) is 5.75 Å². The third-order valence-corrected chi connectivity index (χ3v) is 2.49. The Kier molecular flexibility index (Phi) is 4.95. The number of hydrogen-bond acceptors (Lipinski definition) is 3. The fraction of sp³-hybridized carbons (Fsp3) is 0.400. The van der Waals surface area contributed by atoms with Crippen molar-refractivity contribution >= 4 is 6.08 Å². The Hall–Kier alpha value is -1.77. The molecule has 0 bridgehead atoms. The summed E-state index contributed by atoms with van der Waals surface area (Å²) in [5, 5.41) is 0. The van der Waals surface area contributed by atoms with Crippen LogP contribution < -0.4 is 10.4 Å². The minimum Gasteiger partial charge on any atom is -0.496 e. The van der Waals surface area contributed by atoms with E-state index in [0.717, 1.165) is 5.57 Å². The van der Waals surface area contributed by atoms with Crippen molar-refractivity contribution in [3.05, 3.63) is 45.5 Å². The molecule has 3 heteroatoms. The highest BCUT2D eigenvalue weighted by Gasteiger charge is 2.05. The Bertz CT molecular complexity index is 519. The lowest BCUT2D eigenvalue weighted by atomic mass is 10.1. The van der Waals surface area contributed by atoms with Gasteiger partial charge in [0.1, 0.15) is 11.5 Å². The van der Waals surface area contributed by atoms with E-state index < -0.39 is 0 Å². The Labute approximate surface area is 108 Å². The average Bonchev–Trinajstić information content (AvgIpc) is 2.29. The molecule has 0 aliphatic heterocycles. The minimum atomic E-state index is -0.362. The first-order valence-corrected chi connectivity index (χ1v) is 5.99. The topological polar surface area (TPSA) is 39.4 Å². The van der Waals surface area contributed by atoms with E-state index in [9.17, 15) is 4.79 Å². The van der Waals surface area contributed by atoms with Gasteiger partial charge < -0.3 is 9.15 Å². The van der Waals surface area contributed by atoms with Crippen molar-refractivity contribution in [2.75, 3.05) is 7.11 Å². The van der Waals surface area contributed by atoms with Crippen molar-refractivity contribution in [1.29, 1.82) is 0 Å². The molecular formula is C15H20O3. The molecule has 0 spiro atoms. The molecule has 0 aliphatic carbocycles. The zero-order valence-electron chi connectivity index (χ0n) is 11.6. The molecule has 18 heavy (non-hydrogen) atoms. The summed E-state index contributed by atoms with van der Waals surface area (Å²) >= 11 is 0. The van der Waals surface area contributed by atoms with Gasteiger partial charge in [-0.25, -0.2) is 4.79 Å². The summed E-state index contributed by atoms with van der Waals surface area (Å²) in [4.78, 5) is 11.5.